The van der Waals surface area contributed by atoms with Gasteiger partial charge in [-0.2, -0.15) is 0 Å². The average molecular weight is 393 g/mol. The summed E-state index contributed by atoms with van der Waals surface area (Å²) in [7, 11) is 0. The van der Waals surface area contributed by atoms with Crippen LogP contribution in [0.4, 0.5) is 0 Å². The van der Waals surface area contributed by atoms with Gasteiger partial charge in [-0.1, -0.05) is 23.7 Å². The zero-order valence-electron chi connectivity index (χ0n) is 15.4. The monoisotopic (exact) mass is 392 g/mol. The lowest BCUT2D eigenvalue weighted by Crippen LogP contribution is -2.25. The van der Waals surface area contributed by atoms with Crippen LogP contribution in [0.15, 0.2) is 48.8 Å². The summed E-state index contributed by atoms with van der Waals surface area (Å²) in [6.07, 6.45) is 9.07. The number of halogens is 1. The molecule has 0 saturated heterocycles. The second-order valence-electron chi connectivity index (χ2n) is 7.50. The van der Waals surface area contributed by atoms with Gasteiger partial charge in [-0.05, 0) is 55.9 Å². The number of hydrogen-bond acceptors (Lipinski definition) is 4. The Morgan fingerprint density at radius 1 is 1.07 bits per heavy atom. The Bertz CT molecular complexity index is 1110. The molecular formula is C22H21ClN4O. The van der Waals surface area contributed by atoms with Crippen LogP contribution in [0, 0.1) is 5.92 Å². The van der Waals surface area contributed by atoms with Crippen LogP contribution in [0.5, 0.6) is 5.75 Å². The second kappa shape index (κ2) is 7.40. The van der Waals surface area contributed by atoms with E-state index >= 15 is 0 Å². The summed E-state index contributed by atoms with van der Waals surface area (Å²) >= 11 is 6.01. The molecule has 0 atom stereocenters. The number of H-pyrrole nitrogens is 1. The summed E-state index contributed by atoms with van der Waals surface area (Å²) in [6, 6.07) is 12.0. The molecule has 1 aliphatic carbocycles. The average Bonchev–Trinajstić information content (AvgIpc) is 3.11. The second-order valence-corrected chi connectivity index (χ2v) is 7.94. The highest BCUT2D eigenvalue weighted by Gasteiger charge is 2.24. The minimum atomic E-state index is 0.262. The maximum absolute atomic E-state index is 6.34. The number of aromatic nitrogens is 4. The van der Waals surface area contributed by atoms with E-state index in [1.165, 1.54) is 0 Å². The third kappa shape index (κ3) is 3.54. The van der Waals surface area contributed by atoms with Crippen molar-refractivity contribution in [3.63, 3.8) is 0 Å². The van der Waals surface area contributed by atoms with Crippen molar-refractivity contribution in [1.82, 2.24) is 19.9 Å². The first-order valence-corrected chi connectivity index (χ1v) is 10.1. The van der Waals surface area contributed by atoms with E-state index < -0.39 is 0 Å². The van der Waals surface area contributed by atoms with E-state index in [1.54, 1.807) is 6.20 Å². The van der Waals surface area contributed by atoms with Crippen molar-refractivity contribution in [2.45, 2.75) is 38.2 Å². The van der Waals surface area contributed by atoms with Gasteiger partial charge in [-0.25, -0.2) is 9.97 Å². The van der Waals surface area contributed by atoms with Crippen molar-refractivity contribution in [2.75, 3.05) is 0 Å². The number of aromatic amines is 1. The maximum atomic E-state index is 6.34. The molecule has 5 rings (SSSR count). The molecule has 1 saturated carbocycles. The third-order valence-electron chi connectivity index (χ3n) is 5.53. The number of ether oxygens (including phenoxy) is 1. The van der Waals surface area contributed by atoms with Crippen molar-refractivity contribution in [2.24, 2.45) is 5.92 Å². The molecular weight excluding hydrogens is 372 g/mol. The molecule has 28 heavy (non-hydrogen) atoms. The Labute approximate surface area is 168 Å². The van der Waals surface area contributed by atoms with Gasteiger partial charge in [0.25, 0.3) is 0 Å². The Morgan fingerprint density at radius 2 is 1.93 bits per heavy atom. The van der Waals surface area contributed by atoms with Gasteiger partial charge in [0.1, 0.15) is 11.6 Å². The minimum Gasteiger partial charge on any atom is -0.490 e. The van der Waals surface area contributed by atoms with Gasteiger partial charge in [0.2, 0.25) is 0 Å². The van der Waals surface area contributed by atoms with Crippen molar-refractivity contribution < 1.29 is 4.74 Å². The van der Waals surface area contributed by atoms with Gasteiger partial charge in [-0.15, -0.1) is 0 Å². The zero-order valence-corrected chi connectivity index (χ0v) is 16.2. The van der Waals surface area contributed by atoms with Gasteiger partial charge >= 0.3 is 0 Å². The van der Waals surface area contributed by atoms with Gasteiger partial charge in [0, 0.05) is 24.2 Å². The van der Waals surface area contributed by atoms with Crippen molar-refractivity contribution in [1.29, 1.82) is 0 Å². The van der Waals surface area contributed by atoms with Crippen LogP contribution >= 0.6 is 11.6 Å². The molecule has 3 aromatic heterocycles. The number of imidazole rings is 1. The van der Waals surface area contributed by atoms with Gasteiger partial charge in [0.05, 0.1) is 22.2 Å². The van der Waals surface area contributed by atoms with Crippen LogP contribution in [-0.2, 0) is 6.42 Å². The quantitative estimate of drug-likeness (QED) is 0.509. The number of hydrogen-bond donors (Lipinski definition) is 1. The highest BCUT2D eigenvalue weighted by molar-refractivity contribution is 6.31. The van der Waals surface area contributed by atoms with E-state index in [4.69, 9.17) is 16.3 Å². The molecule has 0 spiro atoms. The number of nitrogens with one attached hydrogen (secondary N) is 1. The van der Waals surface area contributed by atoms with Crippen LogP contribution in [-0.4, -0.2) is 26.0 Å². The third-order valence-corrected chi connectivity index (χ3v) is 5.74. The van der Waals surface area contributed by atoms with E-state index in [1.807, 2.05) is 36.5 Å². The molecule has 1 aromatic carbocycles. The number of nitrogens with zero attached hydrogens (tertiary/aromatic N) is 3. The van der Waals surface area contributed by atoms with Crippen LogP contribution in [0.3, 0.4) is 0 Å². The van der Waals surface area contributed by atoms with Crippen LogP contribution in [0.25, 0.3) is 22.1 Å². The molecule has 1 aliphatic rings. The van der Waals surface area contributed by atoms with E-state index in [2.05, 4.69) is 26.0 Å². The number of fused-ring (bicyclic) bond motifs is 2. The smallest absolute Gasteiger partial charge is 0.177 e. The molecule has 4 aromatic rings. The van der Waals surface area contributed by atoms with Crippen LogP contribution in [0.2, 0.25) is 5.02 Å². The van der Waals surface area contributed by atoms with E-state index in [0.717, 1.165) is 65.7 Å². The van der Waals surface area contributed by atoms with E-state index in [-0.39, 0.29) is 6.10 Å². The highest BCUT2D eigenvalue weighted by Crippen LogP contribution is 2.32. The zero-order chi connectivity index (χ0) is 18.9. The van der Waals surface area contributed by atoms with E-state index in [0.29, 0.717) is 10.9 Å². The predicted octanol–water partition coefficient (Wildman–Crippen LogP) is 5.34. The van der Waals surface area contributed by atoms with Crippen LogP contribution in [0.1, 0.15) is 31.5 Å². The van der Waals surface area contributed by atoms with Crippen molar-refractivity contribution in [3.8, 4) is 5.75 Å². The molecule has 1 N–H and O–H groups in total. The number of pyridine rings is 2. The molecule has 0 unspecified atom stereocenters. The molecule has 142 valence electrons. The fraction of sp³-hybridized carbons (Fsp3) is 0.318. The fourth-order valence-electron chi connectivity index (χ4n) is 4.10. The molecule has 3 heterocycles. The summed E-state index contributed by atoms with van der Waals surface area (Å²) < 4.78 is 6.34. The highest BCUT2D eigenvalue weighted by atomic mass is 35.5. The topological polar surface area (TPSA) is 63.7 Å². The SMILES string of the molecule is Clc1cnc2nc(C[C@H]3CC[C@H](Oc4ccnc5ccccc45)CC3)[nH]c2c1. The Hall–Kier alpha value is -2.66. The number of rotatable bonds is 4. The first-order valence-electron chi connectivity index (χ1n) is 9.75. The Balaban J connectivity index is 1.22. The molecule has 0 amide bonds. The predicted molar refractivity (Wildman–Crippen MR) is 111 cm³/mol. The van der Waals surface area contributed by atoms with Gasteiger partial charge in [-0.3, -0.25) is 4.98 Å². The van der Waals surface area contributed by atoms with E-state index in [9.17, 15) is 0 Å². The lowest BCUT2D eigenvalue weighted by molar-refractivity contribution is 0.132. The lowest BCUT2D eigenvalue weighted by Gasteiger charge is -2.29. The molecule has 0 aliphatic heterocycles. The van der Waals surface area contributed by atoms with Gasteiger partial charge < -0.3 is 9.72 Å². The molecule has 0 radical (unpaired) electrons. The minimum absolute atomic E-state index is 0.262. The lowest BCUT2D eigenvalue weighted by atomic mass is 9.85. The number of benzene rings is 1. The summed E-state index contributed by atoms with van der Waals surface area (Å²) in [6.45, 7) is 0. The maximum Gasteiger partial charge on any atom is 0.177 e. The van der Waals surface area contributed by atoms with Crippen molar-refractivity contribution >= 4 is 33.7 Å². The molecule has 6 heteroatoms. The first-order chi connectivity index (χ1) is 13.7. The fourth-order valence-corrected chi connectivity index (χ4v) is 4.26. The Kier molecular flexibility index (Phi) is 4.61. The molecule has 1 fully saturated rings. The molecule has 5 nitrogen and oxygen atoms in total. The largest absolute Gasteiger partial charge is 0.490 e. The summed E-state index contributed by atoms with van der Waals surface area (Å²) in [4.78, 5) is 16.7. The number of para-hydroxylation sites is 1. The first kappa shape index (κ1) is 17.4. The summed E-state index contributed by atoms with van der Waals surface area (Å²) in [5.74, 6) is 2.55. The summed E-state index contributed by atoms with van der Waals surface area (Å²) in [5, 5.41) is 1.71. The van der Waals surface area contributed by atoms with Crippen LogP contribution < -0.4 is 4.74 Å². The standard InChI is InChI=1S/C22H21ClN4O/c23-15-12-19-22(25-13-15)27-21(26-19)11-14-5-7-16(8-6-14)28-20-9-10-24-18-4-2-1-3-17(18)20/h1-4,9-10,12-14,16H,5-8,11H2,(H,25,26,27)/t14-,16-. The Morgan fingerprint density at radius 3 is 2.82 bits per heavy atom. The van der Waals surface area contributed by atoms with Gasteiger partial charge in [0.15, 0.2) is 5.65 Å². The summed E-state index contributed by atoms with van der Waals surface area (Å²) in [5.41, 5.74) is 2.62. The molecule has 0 bridgehead atoms. The normalized spacial score (nSPS) is 19.9. The van der Waals surface area contributed by atoms with Crippen molar-refractivity contribution in [3.05, 3.63) is 59.6 Å².